The van der Waals surface area contributed by atoms with E-state index >= 15 is 0 Å². The van der Waals surface area contributed by atoms with Crippen molar-refractivity contribution < 1.29 is 31.5 Å². The largest absolute Gasteiger partial charge is 0.453 e. The van der Waals surface area contributed by atoms with Gasteiger partial charge in [-0.25, -0.2) is 27.9 Å². The second-order valence-electron chi connectivity index (χ2n) is 8.73. The number of hydrogen-bond acceptors (Lipinski definition) is 7. The average Bonchev–Trinajstić information content (AvgIpc) is 3.07. The molecule has 1 saturated carbocycles. The normalized spacial score (nSPS) is 31.1. The molecule has 2 fully saturated rings. The zero-order valence-electron chi connectivity index (χ0n) is 18.4. The minimum absolute atomic E-state index is 0.0130. The second kappa shape index (κ2) is 9.92. The molecule has 12 heteroatoms. The van der Waals surface area contributed by atoms with Crippen molar-refractivity contribution in [2.45, 2.75) is 81.4 Å². The average molecular weight is 477 g/mol. The highest BCUT2D eigenvalue weighted by molar-refractivity contribution is 7.89. The summed E-state index contributed by atoms with van der Waals surface area (Å²) >= 11 is 0. The first kappa shape index (κ1) is 24.7. The van der Waals surface area contributed by atoms with Gasteiger partial charge in [-0.1, -0.05) is 6.92 Å². The summed E-state index contributed by atoms with van der Waals surface area (Å²) < 4.78 is 62.2. The number of halogens is 2. The molecule has 1 N–H and O–H groups in total. The number of aromatic nitrogens is 2. The van der Waals surface area contributed by atoms with Crippen molar-refractivity contribution in [2.75, 3.05) is 13.7 Å². The lowest BCUT2D eigenvalue weighted by Gasteiger charge is -2.37. The van der Waals surface area contributed by atoms with E-state index in [1.807, 2.05) is 4.72 Å². The molecule has 3 atom stereocenters. The maximum absolute atomic E-state index is 12.9. The fraction of sp³-hybridized carbons (Fsp3) is 0.750. The van der Waals surface area contributed by atoms with Gasteiger partial charge in [-0.05, 0) is 45.1 Å². The van der Waals surface area contributed by atoms with Crippen molar-refractivity contribution >= 4 is 16.1 Å². The highest BCUT2D eigenvalue weighted by Gasteiger charge is 2.46. The van der Waals surface area contributed by atoms with E-state index in [2.05, 4.69) is 16.9 Å². The van der Waals surface area contributed by atoms with E-state index in [4.69, 9.17) is 9.47 Å². The van der Waals surface area contributed by atoms with Crippen LogP contribution in [-0.2, 0) is 24.9 Å². The van der Waals surface area contributed by atoms with Gasteiger partial charge >= 0.3 is 11.9 Å². The molecule has 1 amide bonds. The fourth-order valence-electron chi connectivity index (χ4n) is 4.63. The number of nitrogens with zero attached hydrogens (tertiary/aromatic N) is 3. The van der Waals surface area contributed by atoms with Crippen LogP contribution in [0.25, 0.3) is 0 Å². The molecule has 2 aliphatic rings. The van der Waals surface area contributed by atoms with E-state index in [0.717, 1.165) is 31.5 Å². The van der Waals surface area contributed by atoms with Crippen molar-refractivity contribution in [2.24, 2.45) is 0 Å². The predicted molar refractivity (Wildman–Crippen MR) is 112 cm³/mol. The van der Waals surface area contributed by atoms with Gasteiger partial charge in [-0.3, -0.25) is 4.90 Å². The molecular formula is C20H30F2N4O5S. The lowest BCUT2D eigenvalue weighted by molar-refractivity contribution is -0.0160. The van der Waals surface area contributed by atoms with Gasteiger partial charge < -0.3 is 9.47 Å². The van der Waals surface area contributed by atoms with Crippen molar-refractivity contribution in [1.82, 2.24) is 19.6 Å². The molecule has 1 saturated heterocycles. The number of ether oxygens (including phenoxy) is 2. The number of hydrogen-bond donors (Lipinski definition) is 1. The van der Waals surface area contributed by atoms with Gasteiger partial charge in [0.25, 0.3) is 10.0 Å². The molecule has 1 aromatic heterocycles. The number of alkyl halides is 2. The minimum atomic E-state index is -4.81. The highest BCUT2D eigenvalue weighted by Crippen LogP contribution is 2.38. The van der Waals surface area contributed by atoms with Gasteiger partial charge in [-0.2, -0.15) is 8.78 Å². The summed E-state index contributed by atoms with van der Waals surface area (Å²) in [4.78, 5) is 22.4. The van der Waals surface area contributed by atoms with Crippen LogP contribution in [0.1, 0.15) is 51.8 Å². The first-order valence-corrected chi connectivity index (χ1v) is 12.2. The molecule has 32 heavy (non-hydrogen) atoms. The van der Waals surface area contributed by atoms with Gasteiger partial charge in [0, 0.05) is 29.9 Å². The number of amides is 1. The van der Waals surface area contributed by atoms with E-state index in [9.17, 15) is 22.0 Å². The maximum atomic E-state index is 12.9. The van der Waals surface area contributed by atoms with Crippen molar-refractivity contribution in [1.29, 1.82) is 0 Å². The lowest BCUT2D eigenvalue weighted by atomic mass is 9.74. The molecule has 180 valence electrons. The number of rotatable bonds is 7. The standard InChI is InChI=1S/C20H30F2N4O5S/c1-13-11-15(25-32(28,29)18(21)22)16(26(13)19(27)30-3)12-31-14-5-7-20(2,8-6-14)17-23-9-4-10-24-17/h4,9-10,13-16,18,25H,5-8,11-12H2,1-3H3/t13-,14-,15+,16+,20-/m1/s1. The summed E-state index contributed by atoms with van der Waals surface area (Å²) in [5.41, 5.74) is -0.156. The van der Waals surface area contributed by atoms with Crippen LogP contribution in [0, 0.1) is 0 Å². The molecule has 1 aromatic rings. The number of carbonyl (C=O) groups excluding carboxylic acids is 1. The van der Waals surface area contributed by atoms with Gasteiger partial charge in [0.05, 0.1) is 25.9 Å². The smallest absolute Gasteiger partial charge is 0.410 e. The van der Waals surface area contributed by atoms with E-state index in [1.54, 1.807) is 25.4 Å². The number of likely N-dealkylation sites (tertiary alicyclic amines) is 1. The Morgan fingerprint density at radius 1 is 1.31 bits per heavy atom. The molecule has 0 bridgehead atoms. The number of carbonyl (C=O) groups is 1. The summed E-state index contributed by atoms with van der Waals surface area (Å²) in [7, 11) is -3.60. The summed E-state index contributed by atoms with van der Waals surface area (Å²) in [6.45, 7) is 3.84. The highest BCUT2D eigenvalue weighted by atomic mass is 32.2. The molecule has 0 radical (unpaired) electrons. The third kappa shape index (κ3) is 5.34. The first-order valence-electron chi connectivity index (χ1n) is 10.6. The van der Waals surface area contributed by atoms with Crippen LogP contribution in [0.5, 0.6) is 0 Å². The van der Waals surface area contributed by atoms with Crippen LogP contribution in [0.3, 0.4) is 0 Å². The van der Waals surface area contributed by atoms with Crippen LogP contribution in [0.15, 0.2) is 18.5 Å². The molecule has 3 rings (SSSR count). The van der Waals surface area contributed by atoms with Gasteiger partial charge in [0.1, 0.15) is 5.82 Å². The number of methoxy groups -OCH3 is 1. The van der Waals surface area contributed by atoms with Crippen LogP contribution in [-0.4, -0.2) is 73.1 Å². The van der Waals surface area contributed by atoms with Crippen LogP contribution in [0.2, 0.25) is 0 Å². The molecule has 0 aromatic carbocycles. The van der Waals surface area contributed by atoms with Crippen LogP contribution in [0.4, 0.5) is 13.6 Å². The summed E-state index contributed by atoms with van der Waals surface area (Å²) in [6, 6.07) is -0.270. The Morgan fingerprint density at radius 3 is 2.50 bits per heavy atom. The quantitative estimate of drug-likeness (QED) is 0.643. The Balaban J connectivity index is 1.65. The van der Waals surface area contributed by atoms with Gasteiger partial charge in [0.15, 0.2) is 0 Å². The molecule has 1 aliphatic heterocycles. The minimum Gasteiger partial charge on any atom is -0.453 e. The summed E-state index contributed by atoms with van der Waals surface area (Å²) in [6.07, 6.45) is 5.97. The van der Waals surface area contributed by atoms with E-state index in [-0.39, 0.29) is 24.5 Å². The molecule has 2 heterocycles. The first-order chi connectivity index (χ1) is 15.1. The fourth-order valence-corrected chi connectivity index (χ4v) is 5.41. The summed E-state index contributed by atoms with van der Waals surface area (Å²) in [5.74, 6) is -2.76. The Labute approximate surface area is 186 Å². The number of sulfonamides is 1. The molecule has 9 nitrogen and oxygen atoms in total. The second-order valence-corrected chi connectivity index (χ2v) is 10.4. The Hall–Kier alpha value is -1.92. The van der Waals surface area contributed by atoms with Crippen molar-refractivity contribution in [3.63, 3.8) is 0 Å². The third-order valence-electron chi connectivity index (χ3n) is 6.47. The van der Waals surface area contributed by atoms with Crippen molar-refractivity contribution in [3.8, 4) is 0 Å². The number of nitrogens with one attached hydrogen (secondary N) is 1. The summed E-state index contributed by atoms with van der Waals surface area (Å²) in [5, 5.41) is 0. The van der Waals surface area contributed by atoms with Crippen molar-refractivity contribution in [3.05, 3.63) is 24.3 Å². The van der Waals surface area contributed by atoms with E-state index in [0.29, 0.717) is 0 Å². The third-order valence-corrected chi connectivity index (χ3v) is 7.57. The lowest BCUT2D eigenvalue weighted by Crippen LogP contribution is -2.51. The Morgan fingerprint density at radius 2 is 1.94 bits per heavy atom. The van der Waals surface area contributed by atoms with Gasteiger partial charge in [-0.15, -0.1) is 0 Å². The molecule has 0 unspecified atom stereocenters. The van der Waals surface area contributed by atoms with Crippen LogP contribution >= 0.6 is 0 Å². The van der Waals surface area contributed by atoms with E-state index < -0.39 is 40.0 Å². The predicted octanol–water partition coefficient (Wildman–Crippen LogP) is 2.43. The molecular weight excluding hydrogens is 446 g/mol. The van der Waals surface area contributed by atoms with Gasteiger partial charge in [0.2, 0.25) is 0 Å². The monoisotopic (exact) mass is 476 g/mol. The Bertz CT molecular complexity index is 881. The molecule has 0 spiro atoms. The topological polar surface area (TPSA) is 111 Å². The maximum Gasteiger partial charge on any atom is 0.410 e. The SMILES string of the molecule is COC(=O)N1[C@H](C)C[C@H](NS(=O)(=O)C(F)F)[C@@H]1CO[C@H]1CC[C@](C)(c2ncccn2)CC1. The van der Waals surface area contributed by atoms with E-state index in [1.165, 1.54) is 12.0 Å². The zero-order valence-corrected chi connectivity index (χ0v) is 19.2. The Kier molecular flexibility index (Phi) is 7.66. The van der Waals surface area contributed by atoms with Crippen LogP contribution < -0.4 is 4.72 Å². The molecule has 1 aliphatic carbocycles. The zero-order chi connectivity index (χ0) is 23.5.